The molecule has 5 heteroatoms. The molecule has 1 N–H and O–H groups in total. The first-order valence-electron chi connectivity index (χ1n) is 5.53. The van der Waals surface area contributed by atoms with Crippen LogP contribution in [0, 0.1) is 0 Å². The number of hydrogen-bond donors (Lipinski definition) is 1. The van der Waals surface area contributed by atoms with Crippen molar-refractivity contribution in [2.75, 3.05) is 0 Å². The molecule has 3 nitrogen and oxygen atoms in total. The molecule has 2 atom stereocenters. The molecular formula is C14H11ClO3S. The molecule has 98 valence electrons. The summed E-state index contributed by atoms with van der Waals surface area (Å²) >= 11 is 5.76. The number of rotatable bonds is 4. The van der Waals surface area contributed by atoms with Gasteiger partial charge in [-0.15, -0.1) is 0 Å². The molecule has 0 heterocycles. The van der Waals surface area contributed by atoms with Crippen molar-refractivity contribution in [2.45, 2.75) is 10.1 Å². The van der Waals surface area contributed by atoms with E-state index in [0.29, 0.717) is 15.5 Å². The third-order valence-electron chi connectivity index (χ3n) is 2.59. The average molecular weight is 295 g/mol. The molecule has 0 aliphatic heterocycles. The van der Waals surface area contributed by atoms with E-state index in [-0.39, 0.29) is 0 Å². The van der Waals surface area contributed by atoms with E-state index in [1.54, 1.807) is 54.6 Å². The molecule has 0 aliphatic rings. The zero-order chi connectivity index (χ0) is 13.8. The highest BCUT2D eigenvalue weighted by Gasteiger charge is 2.27. The van der Waals surface area contributed by atoms with Crippen LogP contribution in [0.5, 0.6) is 0 Å². The van der Waals surface area contributed by atoms with Gasteiger partial charge in [0.2, 0.25) is 0 Å². The van der Waals surface area contributed by atoms with Crippen LogP contribution < -0.4 is 0 Å². The van der Waals surface area contributed by atoms with Gasteiger partial charge in [-0.3, -0.25) is 9.00 Å². The molecular weight excluding hydrogens is 284 g/mol. The molecule has 2 aromatic rings. The summed E-state index contributed by atoms with van der Waals surface area (Å²) in [5.74, 6) is -1.11. The molecule has 0 amide bonds. The monoisotopic (exact) mass is 294 g/mol. The quantitative estimate of drug-likeness (QED) is 0.941. The van der Waals surface area contributed by atoms with Crippen molar-refractivity contribution >= 4 is 28.4 Å². The number of hydrogen-bond acceptors (Lipinski definition) is 2. The highest BCUT2D eigenvalue weighted by atomic mass is 35.5. The lowest BCUT2D eigenvalue weighted by Crippen LogP contribution is -2.17. The lowest BCUT2D eigenvalue weighted by Gasteiger charge is -2.12. The number of halogens is 1. The SMILES string of the molecule is O=C(O)C(c1ccccc1)S(=O)c1ccc(Cl)cc1. The molecule has 0 radical (unpaired) electrons. The second-order valence-corrected chi connectivity index (χ2v) is 5.85. The topological polar surface area (TPSA) is 54.4 Å². The molecule has 0 fully saturated rings. The molecule has 0 bridgehead atoms. The fraction of sp³-hybridized carbons (Fsp3) is 0.0714. The Morgan fingerprint density at radius 3 is 2.16 bits per heavy atom. The van der Waals surface area contributed by atoms with Gasteiger partial charge in [0.25, 0.3) is 0 Å². The van der Waals surface area contributed by atoms with Crippen LogP contribution in [0.4, 0.5) is 0 Å². The van der Waals surface area contributed by atoms with Crippen molar-refractivity contribution in [3.8, 4) is 0 Å². The number of aliphatic carboxylic acids is 1. The molecule has 0 spiro atoms. The van der Waals surface area contributed by atoms with Crippen molar-refractivity contribution in [3.05, 3.63) is 65.2 Å². The van der Waals surface area contributed by atoms with Gasteiger partial charge in [0.05, 0.1) is 10.8 Å². The molecule has 0 saturated carbocycles. The second kappa shape index (κ2) is 5.99. The first kappa shape index (κ1) is 13.8. The molecule has 0 aromatic heterocycles. The zero-order valence-corrected chi connectivity index (χ0v) is 11.4. The predicted octanol–water partition coefficient (Wildman–Crippen LogP) is 3.27. The molecule has 19 heavy (non-hydrogen) atoms. The maximum Gasteiger partial charge on any atom is 0.324 e. The van der Waals surface area contributed by atoms with E-state index in [2.05, 4.69) is 0 Å². The summed E-state index contributed by atoms with van der Waals surface area (Å²) in [4.78, 5) is 11.8. The van der Waals surface area contributed by atoms with Crippen LogP contribution >= 0.6 is 11.6 Å². The first-order valence-corrected chi connectivity index (χ1v) is 7.12. The second-order valence-electron chi connectivity index (χ2n) is 3.88. The van der Waals surface area contributed by atoms with Gasteiger partial charge in [-0.25, -0.2) is 0 Å². The lowest BCUT2D eigenvalue weighted by atomic mass is 10.1. The van der Waals surface area contributed by atoms with Gasteiger partial charge >= 0.3 is 5.97 Å². The molecule has 2 aromatic carbocycles. The number of carboxylic acids is 1. The Bertz CT molecular complexity index is 596. The van der Waals surface area contributed by atoms with Crippen molar-refractivity contribution in [3.63, 3.8) is 0 Å². The summed E-state index contributed by atoms with van der Waals surface area (Å²) in [5.41, 5.74) is 0.517. The minimum atomic E-state index is -1.67. The van der Waals surface area contributed by atoms with Gasteiger partial charge in [0.15, 0.2) is 5.25 Å². The average Bonchev–Trinajstić information content (AvgIpc) is 2.40. The largest absolute Gasteiger partial charge is 0.480 e. The minimum absolute atomic E-state index is 0.445. The van der Waals surface area contributed by atoms with E-state index >= 15 is 0 Å². The summed E-state index contributed by atoms with van der Waals surface area (Å²) in [7, 11) is -1.67. The normalized spacial score (nSPS) is 13.7. The van der Waals surface area contributed by atoms with Gasteiger partial charge in [-0.2, -0.15) is 0 Å². The van der Waals surface area contributed by atoms with Gasteiger partial charge in [-0.05, 0) is 29.8 Å². The number of carbonyl (C=O) groups is 1. The van der Waals surface area contributed by atoms with Crippen LogP contribution in [0.1, 0.15) is 10.8 Å². The lowest BCUT2D eigenvalue weighted by molar-refractivity contribution is -0.136. The summed E-state index contributed by atoms with van der Waals surface area (Å²) in [6.45, 7) is 0. The number of benzene rings is 2. The Morgan fingerprint density at radius 2 is 1.63 bits per heavy atom. The van der Waals surface area contributed by atoms with Crippen LogP contribution in [0.3, 0.4) is 0 Å². The van der Waals surface area contributed by atoms with Crippen molar-refractivity contribution in [1.29, 1.82) is 0 Å². The van der Waals surface area contributed by atoms with Gasteiger partial charge in [-0.1, -0.05) is 41.9 Å². The van der Waals surface area contributed by atoms with E-state index in [1.165, 1.54) is 0 Å². The Hall–Kier alpha value is -1.65. The van der Waals surface area contributed by atoms with Crippen LogP contribution in [-0.4, -0.2) is 15.3 Å². The zero-order valence-electron chi connectivity index (χ0n) is 9.82. The van der Waals surface area contributed by atoms with Crippen LogP contribution in [0.2, 0.25) is 5.02 Å². The highest BCUT2D eigenvalue weighted by Crippen LogP contribution is 2.26. The minimum Gasteiger partial charge on any atom is -0.480 e. The van der Waals surface area contributed by atoms with Crippen LogP contribution in [0.25, 0.3) is 0 Å². The van der Waals surface area contributed by atoms with E-state index in [0.717, 1.165) is 0 Å². The van der Waals surface area contributed by atoms with Crippen molar-refractivity contribution in [2.24, 2.45) is 0 Å². The summed E-state index contributed by atoms with van der Waals surface area (Å²) < 4.78 is 12.4. The number of carboxylic acid groups (broad SMARTS) is 1. The molecule has 0 saturated heterocycles. The Kier molecular flexibility index (Phi) is 4.35. The van der Waals surface area contributed by atoms with E-state index < -0.39 is 22.0 Å². The van der Waals surface area contributed by atoms with E-state index in [4.69, 9.17) is 11.6 Å². The maximum atomic E-state index is 12.4. The molecule has 2 rings (SSSR count). The Labute approximate surface area is 118 Å². The fourth-order valence-electron chi connectivity index (χ4n) is 1.69. The summed E-state index contributed by atoms with van der Waals surface area (Å²) in [6.07, 6.45) is 0. The third kappa shape index (κ3) is 3.22. The van der Waals surface area contributed by atoms with E-state index in [9.17, 15) is 14.1 Å². The van der Waals surface area contributed by atoms with Crippen LogP contribution in [0.15, 0.2) is 59.5 Å². The van der Waals surface area contributed by atoms with Crippen molar-refractivity contribution in [1.82, 2.24) is 0 Å². The van der Waals surface area contributed by atoms with E-state index in [1.807, 2.05) is 0 Å². The smallest absolute Gasteiger partial charge is 0.324 e. The third-order valence-corrected chi connectivity index (χ3v) is 4.48. The summed E-state index contributed by atoms with van der Waals surface area (Å²) in [6, 6.07) is 14.9. The maximum absolute atomic E-state index is 12.4. The first-order chi connectivity index (χ1) is 9.09. The van der Waals surface area contributed by atoms with Crippen molar-refractivity contribution < 1.29 is 14.1 Å². The molecule has 2 unspecified atom stereocenters. The predicted molar refractivity (Wildman–Crippen MR) is 74.7 cm³/mol. The van der Waals surface area contributed by atoms with Gasteiger partial charge in [0, 0.05) is 9.92 Å². The summed E-state index contributed by atoms with van der Waals surface area (Å²) in [5, 5.41) is 8.73. The van der Waals surface area contributed by atoms with Gasteiger partial charge in [0.1, 0.15) is 0 Å². The Balaban J connectivity index is 2.38. The van der Waals surface area contributed by atoms with Gasteiger partial charge < -0.3 is 5.11 Å². The standard InChI is InChI=1S/C14H11ClO3S/c15-11-6-8-12(9-7-11)19(18)13(14(16)17)10-4-2-1-3-5-10/h1-9,13H,(H,16,17). The Morgan fingerprint density at radius 1 is 1.05 bits per heavy atom. The fourth-order valence-corrected chi connectivity index (χ4v) is 3.08. The highest BCUT2D eigenvalue weighted by molar-refractivity contribution is 7.86. The van der Waals surface area contributed by atoms with Crippen LogP contribution in [-0.2, 0) is 15.6 Å². The molecule has 0 aliphatic carbocycles.